The van der Waals surface area contributed by atoms with Crippen LogP contribution in [0, 0.1) is 0 Å². The third-order valence-electron chi connectivity index (χ3n) is 3.18. The van der Waals surface area contributed by atoms with Gasteiger partial charge in [0.2, 0.25) is 0 Å². The number of carbonyl (C=O) groups is 1. The lowest BCUT2D eigenvalue weighted by Gasteiger charge is -2.36. The molecule has 2 rings (SSSR count). The summed E-state index contributed by atoms with van der Waals surface area (Å²) < 4.78 is 4.61. The van der Waals surface area contributed by atoms with Crippen LogP contribution in [0.4, 0.5) is 5.82 Å². The molecule has 1 aromatic heterocycles. The molecule has 0 unspecified atom stereocenters. The van der Waals surface area contributed by atoms with Crippen LogP contribution in [-0.4, -0.2) is 46.8 Å². The Morgan fingerprint density at radius 2 is 2.11 bits per heavy atom. The zero-order chi connectivity index (χ0) is 13.2. The number of aromatic nitrogens is 2. The lowest BCUT2D eigenvalue weighted by atomic mass is 9.94. The van der Waals surface area contributed by atoms with Gasteiger partial charge in [0.15, 0.2) is 5.69 Å². The molecule has 18 heavy (non-hydrogen) atoms. The van der Waals surface area contributed by atoms with Gasteiger partial charge in [-0.2, -0.15) is 0 Å². The largest absolute Gasteiger partial charge is 0.464 e. The molecule has 1 N–H and O–H groups in total. The summed E-state index contributed by atoms with van der Waals surface area (Å²) in [6.07, 6.45) is 4.36. The van der Waals surface area contributed by atoms with Gasteiger partial charge in [-0.05, 0) is 19.8 Å². The number of ether oxygens (including phenoxy) is 1. The summed E-state index contributed by atoms with van der Waals surface area (Å²) in [7, 11) is 1.31. The Labute approximate surface area is 106 Å². The van der Waals surface area contributed by atoms with Gasteiger partial charge in [0.25, 0.3) is 0 Å². The smallest absolute Gasteiger partial charge is 0.358 e. The Bertz CT molecular complexity index is 438. The first-order valence-corrected chi connectivity index (χ1v) is 5.89. The first-order valence-electron chi connectivity index (χ1n) is 5.89. The van der Waals surface area contributed by atoms with E-state index in [1.54, 1.807) is 6.20 Å². The maximum atomic E-state index is 11.4. The Hall–Kier alpha value is -1.69. The Morgan fingerprint density at radius 3 is 2.72 bits per heavy atom. The molecular weight excluding hydrogens is 234 g/mol. The number of rotatable bonds is 2. The lowest BCUT2D eigenvalue weighted by molar-refractivity contribution is 0.0349. The molecule has 6 nitrogen and oxygen atoms in total. The van der Waals surface area contributed by atoms with E-state index < -0.39 is 11.6 Å². The molecule has 0 aromatic carbocycles. The van der Waals surface area contributed by atoms with Crippen molar-refractivity contribution in [3.63, 3.8) is 0 Å². The molecule has 0 bridgehead atoms. The summed E-state index contributed by atoms with van der Waals surface area (Å²) in [4.78, 5) is 21.6. The fraction of sp³-hybridized carbons (Fsp3) is 0.583. The molecular formula is C12H17N3O3. The molecule has 1 fully saturated rings. The van der Waals surface area contributed by atoms with Crippen LogP contribution in [0.15, 0.2) is 12.4 Å². The van der Waals surface area contributed by atoms with Crippen LogP contribution in [0.3, 0.4) is 0 Å². The molecule has 98 valence electrons. The summed E-state index contributed by atoms with van der Waals surface area (Å²) in [6, 6.07) is 0. The molecule has 1 saturated heterocycles. The van der Waals surface area contributed by atoms with E-state index in [1.165, 1.54) is 13.3 Å². The third-order valence-corrected chi connectivity index (χ3v) is 3.18. The van der Waals surface area contributed by atoms with Crippen molar-refractivity contribution in [1.82, 2.24) is 9.97 Å². The minimum atomic E-state index is -0.607. The quantitative estimate of drug-likeness (QED) is 0.776. The van der Waals surface area contributed by atoms with Crippen molar-refractivity contribution in [3.8, 4) is 0 Å². The van der Waals surface area contributed by atoms with Crippen LogP contribution >= 0.6 is 0 Å². The van der Waals surface area contributed by atoms with Crippen molar-refractivity contribution in [3.05, 3.63) is 18.1 Å². The summed E-state index contributed by atoms with van der Waals surface area (Å²) in [5.74, 6) is 0.154. The average molecular weight is 251 g/mol. The maximum Gasteiger partial charge on any atom is 0.358 e. The first kappa shape index (κ1) is 12.8. The van der Waals surface area contributed by atoms with E-state index in [0.29, 0.717) is 31.7 Å². The molecule has 1 aliphatic rings. The van der Waals surface area contributed by atoms with Crippen molar-refractivity contribution in [2.75, 3.05) is 25.1 Å². The van der Waals surface area contributed by atoms with Gasteiger partial charge >= 0.3 is 5.97 Å². The van der Waals surface area contributed by atoms with Gasteiger partial charge in [0, 0.05) is 13.1 Å². The van der Waals surface area contributed by atoms with E-state index >= 15 is 0 Å². The van der Waals surface area contributed by atoms with Crippen LogP contribution in [0.5, 0.6) is 0 Å². The van der Waals surface area contributed by atoms with Crippen LogP contribution < -0.4 is 4.90 Å². The van der Waals surface area contributed by atoms with Crippen LogP contribution in [0.1, 0.15) is 30.3 Å². The normalized spacial score (nSPS) is 18.5. The monoisotopic (exact) mass is 251 g/mol. The van der Waals surface area contributed by atoms with E-state index in [-0.39, 0.29) is 5.69 Å². The summed E-state index contributed by atoms with van der Waals surface area (Å²) >= 11 is 0. The van der Waals surface area contributed by atoms with Gasteiger partial charge < -0.3 is 14.7 Å². The van der Waals surface area contributed by atoms with Gasteiger partial charge in [0.05, 0.1) is 25.1 Å². The Morgan fingerprint density at radius 1 is 1.44 bits per heavy atom. The van der Waals surface area contributed by atoms with Crippen LogP contribution in [0.25, 0.3) is 0 Å². The van der Waals surface area contributed by atoms with Gasteiger partial charge in [0.1, 0.15) is 5.82 Å². The molecule has 2 heterocycles. The highest BCUT2D eigenvalue weighted by Crippen LogP contribution is 2.24. The maximum absolute atomic E-state index is 11.4. The fourth-order valence-electron chi connectivity index (χ4n) is 1.93. The Kier molecular flexibility index (Phi) is 3.47. The number of esters is 1. The van der Waals surface area contributed by atoms with Crippen molar-refractivity contribution in [2.24, 2.45) is 0 Å². The molecule has 0 amide bonds. The van der Waals surface area contributed by atoms with Crippen molar-refractivity contribution >= 4 is 11.8 Å². The highest BCUT2D eigenvalue weighted by molar-refractivity contribution is 5.87. The van der Waals surface area contributed by atoms with Crippen LogP contribution in [0.2, 0.25) is 0 Å². The molecule has 0 atom stereocenters. The minimum Gasteiger partial charge on any atom is -0.464 e. The first-order chi connectivity index (χ1) is 8.52. The standard InChI is InChI=1S/C12H17N3O3/c1-12(17)3-5-15(6-4-12)10-8-13-7-9(14-10)11(16)18-2/h7-8,17H,3-6H2,1-2H3. The number of carbonyl (C=O) groups excluding carboxylic acids is 1. The van der Waals surface area contributed by atoms with E-state index in [1.807, 2.05) is 11.8 Å². The predicted molar refractivity (Wildman–Crippen MR) is 65.4 cm³/mol. The number of aliphatic hydroxyl groups is 1. The number of piperidine rings is 1. The zero-order valence-corrected chi connectivity index (χ0v) is 10.6. The molecule has 6 heteroatoms. The van der Waals surface area contributed by atoms with E-state index in [4.69, 9.17) is 0 Å². The lowest BCUT2D eigenvalue weighted by Crippen LogP contribution is -2.42. The number of hydrogen-bond donors (Lipinski definition) is 1. The van der Waals surface area contributed by atoms with E-state index in [9.17, 15) is 9.90 Å². The van der Waals surface area contributed by atoms with E-state index in [0.717, 1.165) is 0 Å². The topological polar surface area (TPSA) is 75.5 Å². The molecule has 1 aromatic rings. The predicted octanol–water partition coefficient (Wildman–Crippen LogP) is 0.614. The highest BCUT2D eigenvalue weighted by atomic mass is 16.5. The number of methoxy groups -OCH3 is 1. The highest BCUT2D eigenvalue weighted by Gasteiger charge is 2.28. The summed E-state index contributed by atoms with van der Waals surface area (Å²) in [5, 5.41) is 9.88. The molecule has 0 spiro atoms. The van der Waals surface area contributed by atoms with Gasteiger partial charge in [-0.1, -0.05) is 0 Å². The van der Waals surface area contributed by atoms with Crippen molar-refractivity contribution < 1.29 is 14.6 Å². The second-order valence-electron chi connectivity index (χ2n) is 4.74. The molecule has 0 saturated carbocycles. The summed E-state index contributed by atoms with van der Waals surface area (Å²) in [6.45, 7) is 3.24. The van der Waals surface area contributed by atoms with E-state index in [2.05, 4.69) is 14.7 Å². The van der Waals surface area contributed by atoms with Gasteiger partial charge in [-0.15, -0.1) is 0 Å². The zero-order valence-electron chi connectivity index (χ0n) is 10.6. The molecule has 1 aliphatic heterocycles. The van der Waals surface area contributed by atoms with Crippen molar-refractivity contribution in [1.29, 1.82) is 0 Å². The van der Waals surface area contributed by atoms with Crippen molar-refractivity contribution in [2.45, 2.75) is 25.4 Å². The summed E-state index contributed by atoms with van der Waals surface area (Å²) in [5.41, 5.74) is -0.406. The van der Waals surface area contributed by atoms with Crippen LogP contribution in [-0.2, 0) is 4.74 Å². The number of anilines is 1. The Balaban J connectivity index is 2.12. The SMILES string of the molecule is COC(=O)c1cncc(N2CCC(C)(O)CC2)n1. The number of nitrogens with zero attached hydrogens (tertiary/aromatic N) is 3. The fourth-order valence-corrected chi connectivity index (χ4v) is 1.93. The molecule has 0 radical (unpaired) electrons. The third kappa shape index (κ3) is 2.76. The van der Waals surface area contributed by atoms with Gasteiger partial charge in [-0.25, -0.2) is 9.78 Å². The minimum absolute atomic E-state index is 0.201. The number of hydrogen-bond acceptors (Lipinski definition) is 6. The second-order valence-corrected chi connectivity index (χ2v) is 4.74. The average Bonchev–Trinajstić information content (AvgIpc) is 2.38. The molecule has 0 aliphatic carbocycles. The second kappa shape index (κ2) is 4.89. The van der Waals surface area contributed by atoms with Gasteiger partial charge in [-0.3, -0.25) is 4.98 Å².